The number of hydrogen-bond donors (Lipinski definition) is 1. The monoisotopic (exact) mass is 416 g/mol. The van der Waals surface area contributed by atoms with Crippen molar-refractivity contribution in [2.24, 2.45) is 0 Å². The highest BCUT2D eigenvalue weighted by atomic mass is 32.2. The van der Waals surface area contributed by atoms with E-state index in [0.717, 1.165) is 12.1 Å². The number of methoxy groups -OCH3 is 1. The third-order valence-electron chi connectivity index (χ3n) is 4.28. The van der Waals surface area contributed by atoms with Crippen LogP contribution in [0, 0.1) is 0 Å². The molecule has 3 rings (SSSR count). The molecule has 10 heteroatoms. The average Bonchev–Trinajstić information content (AvgIpc) is 2.67. The minimum atomic E-state index is -4.60. The maximum atomic E-state index is 13.2. The van der Waals surface area contributed by atoms with Gasteiger partial charge in [0.05, 0.1) is 37.3 Å². The van der Waals surface area contributed by atoms with E-state index in [0.29, 0.717) is 32.0 Å². The molecular weight excluding hydrogens is 397 g/mol. The Morgan fingerprint density at radius 3 is 2.43 bits per heavy atom. The number of halogens is 3. The summed E-state index contributed by atoms with van der Waals surface area (Å²) < 4.78 is 77.9. The number of sulfonamides is 1. The molecule has 0 radical (unpaired) electrons. The lowest BCUT2D eigenvalue weighted by Gasteiger charge is -2.31. The molecule has 0 aliphatic carbocycles. The summed E-state index contributed by atoms with van der Waals surface area (Å²) >= 11 is 0. The van der Waals surface area contributed by atoms with Crippen molar-refractivity contribution in [3.63, 3.8) is 0 Å². The quantitative estimate of drug-likeness (QED) is 0.810. The van der Waals surface area contributed by atoms with Crippen molar-refractivity contribution in [3.05, 3.63) is 48.0 Å². The fraction of sp³-hybridized carbons (Fsp3) is 0.333. The number of anilines is 2. The Bertz CT molecular complexity index is 942. The molecule has 2 aromatic rings. The molecule has 152 valence electrons. The van der Waals surface area contributed by atoms with Crippen LogP contribution in [0.15, 0.2) is 47.4 Å². The van der Waals surface area contributed by atoms with Crippen molar-refractivity contribution < 1.29 is 31.1 Å². The molecular formula is C18H19F3N2O4S. The van der Waals surface area contributed by atoms with Crippen LogP contribution in [0.1, 0.15) is 5.56 Å². The van der Waals surface area contributed by atoms with Crippen molar-refractivity contribution in [2.45, 2.75) is 11.1 Å². The summed E-state index contributed by atoms with van der Waals surface area (Å²) in [4.78, 5) is 1.62. The van der Waals surface area contributed by atoms with Gasteiger partial charge < -0.3 is 14.4 Å². The second-order valence-corrected chi connectivity index (χ2v) is 7.74. The van der Waals surface area contributed by atoms with Crippen molar-refractivity contribution in [3.8, 4) is 5.75 Å². The summed E-state index contributed by atoms with van der Waals surface area (Å²) in [7, 11) is -2.86. The second-order valence-electron chi connectivity index (χ2n) is 6.09. The maximum Gasteiger partial charge on any atom is 0.416 e. The summed E-state index contributed by atoms with van der Waals surface area (Å²) in [5.74, 6) is 0.0925. The minimum Gasteiger partial charge on any atom is -0.495 e. The molecule has 1 heterocycles. The van der Waals surface area contributed by atoms with Crippen LogP contribution in [0.3, 0.4) is 0 Å². The normalized spacial score (nSPS) is 15.4. The molecule has 0 aromatic heterocycles. The van der Waals surface area contributed by atoms with Crippen LogP contribution < -0.4 is 14.4 Å². The number of alkyl halides is 3. The van der Waals surface area contributed by atoms with Gasteiger partial charge in [0.15, 0.2) is 0 Å². The van der Waals surface area contributed by atoms with Gasteiger partial charge in [-0.2, -0.15) is 13.2 Å². The second kappa shape index (κ2) is 7.88. The lowest BCUT2D eigenvalue weighted by molar-refractivity contribution is -0.137. The van der Waals surface area contributed by atoms with Crippen LogP contribution in [0.2, 0.25) is 0 Å². The Kier molecular flexibility index (Phi) is 5.71. The average molecular weight is 416 g/mol. The first-order valence-corrected chi connectivity index (χ1v) is 9.90. The van der Waals surface area contributed by atoms with E-state index in [9.17, 15) is 21.6 Å². The van der Waals surface area contributed by atoms with Gasteiger partial charge in [0.2, 0.25) is 0 Å². The van der Waals surface area contributed by atoms with Crippen LogP contribution in [-0.2, 0) is 20.9 Å². The number of rotatable bonds is 5. The highest BCUT2D eigenvalue weighted by molar-refractivity contribution is 7.92. The van der Waals surface area contributed by atoms with Gasteiger partial charge in [0.1, 0.15) is 10.6 Å². The zero-order chi connectivity index (χ0) is 20.4. The fourth-order valence-electron chi connectivity index (χ4n) is 2.91. The van der Waals surface area contributed by atoms with Crippen molar-refractivity contribution in [1.29, 1.82) is 0 Å². The van der Waals surface area contributed by atoms with Gasteiger partial charge in [0.25, 0.3) is 10.0 Å². The first-order chi connectivity index (χ1) is 13.2. The SMILES string of the molecule is COc1ccccc1S(=O)(=O)Nc1cc(C(F)(F)F)ccc1N1CCOCC1. The van der Waals surface area contributed by atoms with Gasteiger partial charge in [-0.1, -0.05) is 12.1 Å². The zero-order valence-electron chi connectivity index (χ0n) is 15.0. The van der Waals surface area contributed by atoms with E-state index in [2.05, 4.69) is 4.72 Å². The van der Waals surface area contributed by atoms with Crippen molar-refractivity contribution in [1.82, 2.24) is 0 Å². The fourth-order valence-corrected chi connectivity index (χ4v) is 4.15. The molecule has 1 aliphatic heterocycles. The molecule has 0 spiro atoms. The number of nitrogens with one attached hydrogen (secondary N) is 1. The third kappa shape index (κ3) is 4.33. The summed E-state index contributed by atoms with van der Waals surface area (Å²) in [6, 6.07) is 8.90. The van der Waals surface area contributed by atoms with Gasteiger partial charge in [-0.25, -0.2) is 8.42 Å². The Morgan fingerprint density at radius 2 is 1.79 bits per heavy atom. The molecule has 0 atom stereocenters. The summed E-state index contributed by atoms with van der Waals surface area (Å²) in [6.45, 7) is 1.68. The molecule has 0 amide bonds. The Hall–Kier alpha value is -2.46. The lowest BCUT2D eigenvalue weighted by atomic mass is 10.1. The molecule has 0 unspecified atom stereocenters. The number of ether oxygens (including phenoxy) is 2. The van der Waals surface area contributed by atoms with Crippen LogP contribution in [0.4, 0.5) is 24.5 Å². The molecule has 28 heavy (non-hydrogen) atoms. The van der Waals surface area contributed by atoms with Gasteiger partial charge in [0, 0.05) is 13.1 Å². The molecule has 1 saturated heterocycles. The first-order valence-electron chi connectivity index (χ1n) is 8.42. The van der Waals surface area contributed by atoms with Crippen molar-refractivity contribution >= 4 is 21.4 Å². The predicted octanol–water partition coefficient (Wildman–Crippen LogP) is 3.35. The van der Waals surface area contributed by atoms with E-state index in [1.54, 1.807) is 11.0 Å². The summed E-state index contributed by atoms with van der Waals surface area (Å²) in [5.41, 5.74) is -0.736. The third-order valence-corrected chi connectivity index (χ3v) is 5.68. The predicted molar refractivity (Wildman–Crippen MR) is 98.3 cm³/mol. The number of morpholine rings is 1. The Morgan fingerprint density at radius 1 is 1.11 bits per heavy atom. The molecule has 1 fully saturated rings. The van der Waals surface area contributed by atoms with Crippen LogP contribution in [0.5, 0.6) is 5.75 Å². The lowest BCUT2D eigenvalue weighted by Crippen LogP contribution is -2.36. The van der Waals surface area contributed by atoms with Gasteiger partial charge >= 0.3 is 6.18 Å². The minimum absolute atomic E-state index is 0.0925. The van der Waals surface area contributed by atoms with Crippen LogP contribution in [-0.4, -0.2) is 41.8 Å². The van der Waals surface area contributed by atoms with E-state index in [1.165, 1.54) is 31.4 Å². The van der Waals surface area contributed by atoms with E-state index in [-0.39, 0.29) is 16.3 Å². The number of hydrogen-bond acceptors (Lipinski definition) is 5. The topological polar surface area (TPSA) is 67.9 Å². The van der Waals surface area contributed by atoms with Crippen molar-refractivity contribution in [2.75, 3.05) is 43.0 Å². The van der Waals surface area contributed by atoms with Crippen LogP contribution >= 0.6 is 0 Å². The standard InChI is InChI=1S/C18H19F3N2O4S/c1-26-16-4-2-3-5-17(16)28(24,25)22-14-12-13(18(19,20)21)6-7-15(14)23-8-10-27-11-9-23/h2-7,12,22H,8-11H2,1H3. The highest BCUT2D eigenvalue weighted by Crippen LogP contribution is 2.37. The molecule has 1 N–H and O–H groups in total. The largest absolute Gasteiger partial charge is 0.495 e. The van der Waals surface area contributed by atoms with Gasteiger partial charge in [-0.3, -0.25) is 4.72 Å². The van der Waals surface area contributed by atoms with E-state index in [1.807, 2.05) is 0 Å². The number of benzene rings is 2. The van der Waals surface area contributed by atoms with E-state index in [4.69, 9.17) is 9.47 Å². The smallest absolute Gasteiger partial charge is 0.416 e. The van der Waals surface area contributed by atoms with Gasteiger partial charge in [-0.15, -0.1) is 0 Å². The summed E-state index contributed by atoms with van der Waals surface area (Å²) in [6.07, 6.45) is -4.60. The summed E-state index contributed by atoms with van der Waals surface area (Å²) in [5, 5.41) is 0. The number of para-hydroxylation sites is 1. The Balaban J connectivity index is 2.05. The molecule has 6 nitrogen and oxygen atoms in total. The molecule has 1 aliphatic rings. The molecule has 0 saturated carbocycles. The highest BCUT2D eigenvalue weighted by Gasteiger charge is 2.32. The molecule has 2 aromatic carbocycles. The molecule has 0 bridgehead atoms. The number of nitrogens with zero attached hydrogens (tertiary/aromatic N) is 1. The van der Waals surface area contributed by atoms with E-state index >= 15 is 0 Å². The zero-order valence-corrected chi connectivity index (χ0v) is 15.8. The van der Waals surface area contributed by atoms with Crippen LogP contribution in [0.25, 0.3) is 0 Å². The van der Waals surface area contributed by atoms with Gasteiger partial charge in [-0.05, 0) is 30.3 Å². The van der Waals surface area contributed by atoms with E-state index < -0.39 is 21.8 Å². The maximum absolute atomic E-state index is 13.2. The Labute approximate surface area is 160 Å². The first kappa shape index (κ1) is 20.3.